The number of benzene rings is 1. The number of pyridine rings is 1. The molecule has 12 nitrogen and oxygen atoms in total. The van der Waals surface area contributed by atoms with E-state index in [-0.39, 0.29) is 34.7 Å². The normalized spacial score (nSPS) is 20.1. The van der Waals surface area contributed by atoms with E-state index in [1.165, 1.54) is 25.4 Å². The molecule has 1 fully saturated rings. The predicted octanol–water partition coefficient (Wildman–Crippen LogP) is 2.51. The van der Waals surface area contributed by atoms with Crippen LogP contribution in [0, 0.1) is 11.3 Å². The molecule has 13 heteroatoms. The summed E-state index contributed by atoms with van der Waals surface area (Å²) in [6, 6.07) is 9.87. The fourth-order valence-electron chi connectivity index (χ4n) is 4.39. The van der Waals surface area contributed by atoms with E-state index in [1.54, 1.807) is 43.7 Å². The molecule has 0 radical (unpaired) electrons. The Morgan fingerprint density at radius 2 is 2.03 bits per heavy atom. The minimum absolute atomic E-state index is 0.0179. The number of nitrogens with zero attached hydrogens (tertiary/aromatic N) is 3. The molecule has 4 rings (SSSR count). The lowest BCUT2D eigenvalue weighted by Crippen LogP contribution is -2.47. The first-order valence-corrected chi connectivity index (χ1v) is 13.5. The van der Waals surface area contributed by atoms with Crippen LogP contribution in [0.25, 0.3) is 10.9 Å². The van der Waals surface area contributed by atoms with Crippen LogP contribution in [0.4, 0.5) is 11.5 Å². The monoisotopic (exact) mass is 542 g/mol. The summed E-state index contributed by atoms with van der Waals surface area (Å²) in [7, 11) is -2.28. The van der Waals surface area contributed by atoms with Crippen LogP contribution in [-0.4, -0.2) is 54.5 Å². The first-order chi connectivity index (χ1) is 17.9. The SMILES string of the molecule is CNS(=O)(=O)c1ccc(Nc2nn(C3(CC#N)CCC(C(=O)OC(C)(C)C)OC3)c3cc[nH]c(=O)c23)cc1. The van der Waals surface area contributed by atoms with Crippen molar-refractivity contribution in [1.82, 2.24) is 19.5 Å². The van der Waals surface area contributed by atoms with Gasteiger partial charge in [-0.25, -0.2) is 17.9 Å². The number of sulfonamides is 1. The number of nitrogens with one attached hydrogen (secondary N) is 3. The van der Waals surface area contributed by atoms with Crippen molar-refractivity contribution in [2.45, 2.75) is 62.2 Å². The van der Waals surface area contributed by atoms with E-state index in [4.69, 9.17) is 9.47 Å². The summed E-state index contributed by atoms with van der Waals surface area (Å²) in [6.07, 6.45) is 1.47. The Balaban J connectivity index is 1.69. The molecule has 38 heavy (non-hydrogen) atoms. The molecule has 3 N–H and O–H groups in total. The highest BCUT2D eigenvalue weighted by atomic mass is 32.2. The lowest BCUT2D eigenvalue weighted by Gasteiger charge is -2.39. The zero-order valence-corrected chi connectivity index (χ0v) is 22.4. The van der Waals surface area contributed by atoms with Crippen LogP contribution in [0.5, 0.6) is 0 Å². The van der Waals surface area contributed by atoms with Crippen LogP contribution in [0.15, 0.2) is 46.2 Å². The van der Waals surface area contributed by atoms with Crippen molar-refractivity contribution in [2.24, 2.45) is 0 Å². The van der Waals surface area contributed by atoms with Crippen LogP contribution < -0.4 is 15.6 Å². The third-order valence-corrected chi connectivity index (χ3v) is 7.68. The van der Waals surface area contributed by atoms with E-state index in [0.717, 1.165) is 0 Å². The van der Waals surface area contributed by atoms with Gasteiger partial charge in [0.25, 0.3) is 5.56 Å². The lowest BCUT2D eigenvalue weighted by atomic mass is 9.87. The van der Waals surface area contributed by atoms with Crippen molar-refractivity contribution >= 4 is 38.4 Å². The van der Waals surface area contributed by atoms with E-state index in [2.05, 4.69) is 26.2 Å². The number of nitriles is 1. The van der Waals surface area contributed by atoms with Crippen molar-refractivity contribution < 1.29 is 22.7 Å². The fraction of sp³-hybridized carbons (Fsp3) is 0.440. The van der Waals surface area contributed by atoms with Gasteiger partial charge in [-0.3, -0.25) is 9.48 Å². The van der Waals surface area contributed by atoms with E-state index >= 15 is 0 Å². The van der Waals surface area contributed by atoms with Crippen LogP contribution in [0.1, 0.15) is 40.0 Å². The van der Waals surface area contributed by atoms with Gasteiger partial charge in [0.05, 0.1) is 35.0 Å². The Morgan fingerprint density at radius 1 is 1.32 bits per heavy atom. The average Bonchev–Trinajstić information content (AvgIpc) is 3.24. The molecule has 0 aliphatic carbocycles. The third-order valence-electron chi connectivity index (χ3n) is 6.25. The molecule has 3 heterocycles. The number of esters is 1. The van der Waals surface area contributed by atoms with Gasteiger partial charge in [0, 0.05) is 11.9 Å². The molecule has 1 saturated heterocycles. The molecule has 2 atom stereocenters. The number of hydrogen-bond donors (Lipinski definition) is 3. The van der Waals surface area contributed by atoms with Gasteiger partial charge in [-0.15, -0.1) is 0 Å². The number of ether oxygens (including phenoxy) is 2. The standard InChI is InChI=1S/C25H30N6O6S/c1-24(2,3)37-23(33)19-9-11-25(12-13-26,15-36-19)31-18-10-14-28-22(32)20(18)21(30-31)29-16-5-7-17(8-6-16)38(34,35)27-4/h5-8,10,14,19,27H,9,11-12,15H2,1-4H3,(H,28,32)(H,29,30). The van der Waals surface area contributed by atoms with E-state index < -0.39 is 33.2 Å². The number of aromatic amines is 1. The molecule has 3 aromatic rings. The molecule has 0 amide bonds. The molecule has 2 unspecified atom stereocenters. The minimum Gasteiger partial charge on any atom is -0.458 e. The Morgan fingerprint density at radius 3 is 2.61 bits per heavy atom. The summed E-state index contributed by atoms with van der Waals surface area (Å²) in [5.74, 6) is -0.228. The van der Waals surface area contributed by atoms with Gasteiger partial charge < -0.3 is 19.8 Å². The number of fused-ring (bicyclic) bond motifs is 1. The average molecular weight is 543 g/mol. The molecule has 0 saturated carbocycles. The summed E-state index contributed by atoms with van der Waals surface area (Å²) in [6.45, 7) is 5.36. The quantitative estimate of drug-likeness (QED) is 0.380. The molecule has 0 spiro atoms. The molecule has 202 valence electrons. The second kappa shape index (κ2) is 10.2. The van der Waals surface area contributed by atoms with Crippen molar-refractivity contribution in [3.8, 4) is 6.07 Å². The summed E-state index contributed by atoms with van der Waals surface area (Å²) >= 11 is 0. The second-order valence-electron chi connectivity index (χ2n) is 10.1. The third kappa shape index (κ3) is 5.42. The van der Waals surface area contributed by atoms with E-state index in [1.807, 2.05) is 0 Å². The number of H-pyrrole nitrogens is 1. The van der Waals surface area contributed by atoms with Gasteiger partial charge in [0.15, 0.2) is 11.9 Å². The zero-order chi connectivity index (χ0) is 27.7. The maximum absolute atomic E-state index is 12.9. The predicted molar refractivity (Wildman–Crippen MR) is 139 cm³/mol. The maximum Gasteiger partial charge on any atom is 0.335 e. The van der Waals surface area contributed by atoms with Crippen molar-refractivity contribution in [3.05, 3.63) is 46.9 Å². The highest BCUT2D eigenvalue weighted by Crippen LogP contribution is 2.37. The first kappa shape index (κ1) is 27.3. The molecule has 0 bridgehead atoms. The number of carbonyl (C=O) groups is 1. The van der Waals surface area contributed by atoms with Gasteiger partial charge in [-0.05, 0) is 71.0 Å². The number of anilines is 2. The highest BCUT2D eigenvalue weighted by Gasteiger charge is 2.43. The van der Waals surface area contributed by atoms with Crippen LogP contribution in [0.3, 0.4) is 0 Å². The molecule has 1 aliphatic rings. The number of rotatable bonds is 7. The van der Waals surface area contributed by atoms with Crippen molar-refractivity contribution in [2.75, 3.05) is 19.0 Å². The number of aromatic nitrogens is 3. The van der Waals surface area contributed by atoms with Crippen LogP contribution in [0.2, 0.25) is 0 Å². The Hall–Kier alpha value is -3.73. The van der Waals surface area contributed by atoms with Crippen molar-refractivity contribution in [3.63, 3.8) is 0 Å². The summed E-state index contributed by atoms with van der Waals surface area (Å²) < 4.78 is 39.3. The topological polar surface area (TPSA) is 168 Å². The summed E-state index contributed by atoms with van der Waals surface area (Å²) in [5.41, 5.74) is -0.976. The fourth-order valence-corrected chi connectivity index (χ4v) is 5.12. The van der Waals surface area contributed by atoms with Gasteiger partial charge in [0.1, 0.15) is 11.0 Å². The highest BCUT2D eigenvalue weighted by molar-refractivity contribution is 7.89. The molecule has 2 aromatic heterocycles. The van der Waals surface area contributed by atoms with E-state index in [0.29, 0.717) is 24.0 Å². The smallest absolute Gasteiger partial charge is 0.335 e. The van der Waals surface area contributed by atoms with Gasteiger partial charge >= 0.3 is 5.97 Å². The van der Waals surface area contributed by atoms with E-state index in [9.17, 15) is 23.3 Å². The zero-order valence-electron chi connectivity index (χ0n) is 21.6. The number of carbonyl (C=O) groups excluding carboxylic acids is 1. The maximum atomic E-state index is 12.9. The Kier molecular flexibility index (Phi) is 7.33. The largest absolute Gasteiger partial charge is 0.458 e. The Labute approximate surface area is 220 Å². The van der Waals surface area contributed by atoms with Gasteiger partial charge in [-0.2, -0.15) is 10.4 Å². The lowest BCUT2D eigenvalue weighted by molar-refractivity contribution is -0.176. The summed E-state index contributed by atoms with van der Waals surface area (Å²) in [5, 5.41) is 17.7. The summed E-state index contributed by atoms with van der Waals surface area (Å²) in [4.78, 5) is 28.1. The van der Waals surface area contributed by atoms with Gasteiger partial charge in [0.2, 0.25) is 10.0 Å². The molecular formula is C25H30N6O6S. The Bertz CT molecular complexity index is 1540. The van der Waals surface area contributed by atoms with Crippen LogP contribution >= 0.6 is 0 Å². The molecule has 1 aromatic carbocycles. The first-order valence-electron chi connectivity index (χ1n) is 12.0. The van der Waals surface area contributed by atoms with Crippen LogP contribution in [-0.2, 0) is 29.8 Å². The number of hydrogen-bond acceptors (Lipinski definition) is 9. The van der Waals surface area contributed by atoms with Gasteiger partial charge in [-0.1, -0.05) is 0 Å². The minimum atomic E-state index is -3.60. The second-order valence-corrected chi connectivity index (χ2v) is 12.0. The molecular weight excluding hydrogens is 512 g/mol. The van der Waals surface area contributed by atoms with Crippen molar-refractivity contribution in [1.29, 1.82) is 5.26 Å². The molecule has 1 aliphatic heterocycles.